The summed E-state index contributed by atoms with van der Waals surface area (Å²) in [6.45, 7) is 1.87. The van der Waals surface area contributed by atoms with Crippen LogP contribution in [-0.2, 0) is 0 Å². The Balaban J connectivity index is 1.60. The zero-order valence-electron chi connectivity index (χ0n) is 16.7. The molecular weight excluding hydrogens is 380 g/mol. The maximum atomic E-state index is 12.3. The third-order valence-electron chi connectivity index (χ3n) is 4.86. The van der Waals surface area contributed by atoms with Gasteiger partial charge in [0.25, 0.3) is 0 Å². The molecule has 0 N–H and O–H groups in total. The second kappa shape index (κ2) is 8.25. The molecule has 0 bridgehead atoms. The van der Waals surface area contributed by atoms with Crippen molar-refractivity contribution < 1.29 is 18.7 Å². The summed E-state index contributed by atoms with van der Waals surface area (Å²) in [7, 11) is 1.60. The van der Waals surface area contributed by atoms with E-state index in [0.29, 0.717) is 16.9 Å². The lowest BCUT2D eigenvalue weighted by molar-refractivity contribution is 0.0921. The van der Waals surface area contributed by atoms with Gasteiger partial charge in [-0.05, 0) is 42.3 Å². The van der Waals surface area contributed by atoms with E-state index < -0.39 is 5.63 Å². The van der Waals surface area contributed by atoms with E-state index in [4.69, 9.17) is 13.9 Å². The smallest absolute Gasteiger partial charge is 0.336 e. The first-order chi connectivity index (χ1) is 14.5. The summed E-state index contributed by atoms with van der Waals surface area (Å²) < 4.78 is 16.2. The van der Waals surface area contributed by atoms with E-state index in [1.54, 1.807) is 31.4 Å². The van der Waals surface area contributed by atoms with Crippen LogP contribution in [0.5, 0.6) is 11.5 Å². The summed E-state index contributed by atoms with van der Waals surface area (Å²) in [6.07, 6.45) is 0. The number of aryl methyl sites for hydroxylation is 1. The summed E-state index contributed by atoms with van der Waals surface area (Å²) in [4.78, 5) is 24.4. The van der Waals surface area contributed by atoms with E-state index >= 15 is 0 Å². The zero-order valence-corrected chi connectivity index (χ0v) is 16.7. The Bertz CT molecular complexity index is 1250. The summed E-state index contributed by atoms with van der Waals surface area (Å²) in [6, 6.07) is 21.5. The van der Waals surface area contributed by atoms with Crippen LogP contribution in [0.2, 0.25) is 0 Å². The third kappa shape index (κ3) is 4.10. The second-order valence-electron chi connectivity index (χ2n) is 6.94. The van der Waals surface area contributed by atoms with Crippen LogP contribution in [0.15, 0.2) is 82.0 Å². The highest BCUT2D eigenvalue weighted by Crippen LogP contribution is 2.30. The summed E-state index contributed by atoms with van der Waals surface area (Å²) >= 11 is 0. The molecule has 5 nitrogen and oxygen atoms in total. The minimum Gasteiger partial charge on any atom is -0.497 e. The van der Waals surface area contributed by atoms with Crippen LogP contribution in [0.3, 0.4) is 0 Å². The van der Waals surface area contributed by atoms with Crippen LogP contribution < -0.4 is 15.1 Å². The number of carbonyl (C=O) groups is 1. The van der Waals surface area contributed by atoms with Gasteiger partial charge < -0.3 is 13.9 Å². The normalized spacial score (nSPS) is 10.7. The number of Topliss-reactive ketones (excluding diaryl/α,β-unsaturated/α-hetero) is 1. The molecule has 0 aliphatic carbocycles. The Morgan fingerprint density at radius 1 is 0.900 bits per heavy atom. The van der Waals surface area contributed by atoms with Gasteiger partial charge in [-0.25, -0.2) is 4.79 Å². The van der Waals surface area contributed by atoms with Crippen LogP contribution in [-0.4, -0.2) is 19.5 Å². The molecule has 4 aromatic rings. The largest absolute Gasteiger partial charge is 0.497 e. The van der Waals surface area contributed by atoms with Crippen LogP contribution in [0.25, 0.3) is 22.1 Å². The highest BCUT2D eigenvalue weighted by molar-refractivity contribution is 5.97. The third-order valence-corrected chi connectivity index (χ3v) is 4.86. The Morgan fingerprint density at radius 2 is 1.60 bits per heavy atom. The fourth-order valence-corrected chi connectivity index (χ4v) is 3.21. The topological polar surface area (TPSA) is 65.7 Å². The van der Waals surface area contributed by atoms with Crippen molar-refractivity contribution in [2.24, 2.45) is 0 Å². The maximum absolute atomic E-state index is 12.3. The fraction of sp³-hybridized carbons (Fsp3) is 0.120. The molecule has 4 rings (SSSR count). The Kier molecular flexibility index (Phi) is 5.35. The monoisotopic (exact) mass is 400 g/mol. The van der Waals surface area contributed by atoms with Gasteiger partial charge in [-0.2, -0.15) is 0 Å². The maximum Gasteiger partial charge on any atom is 0.336 e. The summed E-state index contributed by atoms with van der Waals surface area (Å²) in [5.41, 5.74) is 3.25. The molecule has 150 valence electrons. The van der Waals surface area contributed by atoms with Crippen molar-refractivity contribution in [3.8, 4) is 22.6 Å². The first-order valence-corrected chi connectivity index (χ1v) is 9.48. The zero-order chi connectivity index (χ0) is 21.1. The molecule has 3 aromatic carbocycles. The van der Waals surface area contributed by atoms with Crippen LogP contribution in [0.1, 0.15) is 15.9 Å². The van der Waals surface area contributed by atoms with Gasteiger partial charge in [0.15, 0.2) is 12.4 Å². The van der Waals surface area contributed by atoms with Crippen molar-refractivity contribution in [2.45, 2.75) is 6.92 Å². The van der Waals surface area contributed by atoms with Crippen molar-refractivity contribution in [3.05, 3.63) is 94.3 Å². The van der Waals surface area contributed by atoms with Gasteiger partial charge in [0.1, 0.15) is 17.1 Å². The highest BCUT2D eigenvalue weighted by Gasteiger charge is 2.11. The van der Waals surface area contributed by atoms with Crippen LogP contribution >= 0.6 is 0 Å². The molecule has 1 aromatic heterocycles. The lowest BCUT2D eigenvalue weighted by atomic mass is 10.0. The number of benzene rings is 3. The predicted molar refractivity (Wildman–Crippen MR) is 115 cm³/mol. The van der Waals surface area contributed by atoms with E-state index in [9.17, 15) is 9.59 Å². The Morgan fingerprint density at radius 3 is 2.30 bits per heavy atom. The Hall–Kier alpha value is -3.86. The summed E-state index contributed by atoms with van der Waals surface area (Å²) in [5.74, 6) is 1.07. The quantitative estimate of drug-likeness (QED) is 0.335. The lowest BCUT2D eigenvalue weighted by Gasteiger charge is -2.09. The minimum absolute atomic E-state index is 0.100. The molecule has 0 saturated carbocycles. The number of carbonyl (C=O) groups excluding carboxylic acids is 1. The van der Waals surface area contributed by atoms with Gasteiger partial charge in [0.05, 0.1) is 7.11 Å². The van der Waals surface area contributed by atoms with Gasteiger partial charge >= 0.3 is 5.63 Å². The lowest BCUT2D eigenvalue weighted by Crippen LogP contribution is -2.11. The number of ketones is 1. The van der Waals surface area contributed by atoms with Gasteiger partial charge in [-0.3, -0.25) is 4.79 Å². The Labute approximate surface area is 173 Å². The number of fused-ring (bicyclic) bond motifs is 1. The van der Waals surface area contributed by atoms with Gasteiger partial charge in [0, 0.05) is 23.1 Å². The molecule has 0 radical (unpaired) electrons. The van der Waals surface area contributed by atoms with E-state index in [1.165, 1.54) is 6.07 Å². The second-order valence-corrected chi connectivity index (χ2v) is 6.94. The van der Waals surface area contributed by atoms with E-state index in [-0.39, 0.29) is 12.4 Å². The molecule has 0 atom stereocenters. The first-order valence-electron chi connectivity index (χ1n) is 9.48. The SMILES string of the molecule is COc1ccc(-c2cc(=O)oc3cc(OCC(=O)c4ccc(C)cc4)ccc23)cc1. The number of rotatable bonds is 6. The van der Waals surface area contributed by atoms with Crippen molar-refractivity contribution in [1.29, 1.82) is 0 Å². The van der Waals surface area contributed by atoms with Crippen LogP contribution in [0.4, 0.5) is 0 Å². The number of methoxy groups -OCH3 is 1. The van der Waals surface area contributed by atoms with Crippen molar-refractivity contribution in [3.63, 3.8) is 0 Å². The average Bonchev–Trinajstić information content (AvgIpc) is 2.77. The van der Waals surface area contributed by atoms with Crippen molar-refractivity contribution in [2.75, 3.05) is 13.7 Å². The van der Waals surface area contributed by atoms with Gasteiger partial charge in [0.2, 0.25) is 0 Å². The molecule has 0 fully saturated rings. The first kappa shape index (κ1) is 19.5. The van der Waals surface area contributed by atoms with Crippen molar-refractivity contribution in [1.82, 2.24) is 0 Å². The van der Waals surface area contributed by atoms with Crippen LogP contribution in [0, 0.1) is 6.92 Å². The minimum atomic E-state index is -0.457. The molecule has 0 aliphatic rings. The average molecular weight is 400 g/mol. The molecule has 0 aliphatic heterocycles. The number of hydrogen-bond acceptors (Lipinski definition) is 5. The molecule has 0 unspecified atom stereocenters. The number of ether oxygens (including phenoxy) is 2. The number of hydrogen-bond donors (Lipinski definition) is 0. The molecule has 0 saturated heterocycles. The van der Waals surface area contributed by atoms with Gasteiger partial charge in [-0.1, -0.05) is 42.0 Å². The van der Waals surface area contributed by atoms with E-state index in [1.807, 2.05) is 49.4 Å². The molecule has 1 heterocycles. The van der Waals surface area contributed by atoms with E-state index in [2.05, 4.69) is 0 Å². The molecular formula is C25H20O5. The molecule has 0 amide bonds. The molecule has 30 heavy (non-hydrogen) atoms. The summed E-state index contributed by atoms with van der Waals surface area (Å²) in [5, 5.41) is 0.775. The van der Waals surface area contributed by atoms with Gasteiger partial charge in [-0.15, -0.1) is 0 Å². The molecule has 5 heteroatoms. The standard InChI is InChI=1S/C25H20O5/c1-16-3-5-18(6-4-16)23(26)15-29-20-11-12-21-22(14-25(27)30-24(21)13-20)17-7-9-19(28-2)10-8-17/h3-14H,15H2,1-2H3. The predicted octanol–water partition coefficient (Wildman–Crippen LogP) is 5.04. The highest BCUT2D eigenvalue weighted by atomic mass is 16.5. The van der Waals surface area contributed by atoms with E-state index in [0.717, 1.165) is 27.8 Å². The molecule has 0 spiro atoms. The fourth-order valence-electron chi connectivity index (χ4n) is 3.21. The van der Waals surface area contributed by atoms with Crippen molar-refractivity contribution >= 4 is 16.8 Å².